The second kappa shape index (κ2) is 16.6. The fourth-order valence-corrected chi connectivity index (χ4v) is 21.7. The zero-order chi connectivity index (χ0) is 53.8. The predicted molar refractivity (Wildman–Crippen MR) is 270 cm³/mol. The third kappa shape index (κ3) is 10.6. The summed E-state index contributed by atoms with van der Waals surface area (Å²) in [7, 11) is 0. The summed E-state index contributed by atoms with van der Waals surface area (Å²) < 4.78 is 22.6. The number of hydrogen-bond acceptors (Lipinski definition) is 14. The molecule has 406 valence electrons. The van der Waals surface area contributed by atoms with Gasteiger partial charge in [-0.1, -0.05) is 60.9 Å². The molecule has 0 aliphatic heterocycles. The highest BCUT2D eigenvalue weighted by Crippen LogP contribution is 2.70. The van der Waals surface area contributed by atoms with Crippen molar-refractivity contribution in [3.05, 3.63) is 49.6 Å². The molecule has 14 heteroatoms. The van der Waals surface area contributed by atoms with Crippen LogP contribution in [0.2, 0.25) is 0 Å². The standard InChI is InChI=1S/C16H24O3.C15H22O4.C14H20O4.C14H20O3/c1-11(2)12(17)19-16-8-13(3)5-14(4,9-16)7-15(18,6-13)10-16;1-10(2)11(16)19-15-6-12(3)4-13(17,8-15)7-14(18,5-12)9-15;1-3-10(15)18-14-6-11(2)4-12(16,8-14)7-13(17,5-11)9-14;1-3-11(15)17-14-6-10-4-12(2,8-14)7-13(16,5-10)9-14/h18H,1,5-10H2,2-4H3;17-18H,1,4-9H2,2-3H3;3,16-17H,1,4-9H2,2H3;3,10,16H,1,4-9H2,2H3. The maximum Gasteiger partial charge on any atom is 0.333 e. The highest BCUT2D eigenvalue weighted by atomic mass is 16.6. The number of ether oxygens (including phenoxy) is 4. The summed E-state index contributed by atoms with van der Waals surface area (Å²) in [5.74, 6) is -1.03. The minimum atomic E-state index is -0.895. The second-order valence-electron chi connectivity index (χ2n) is 29.9. The van der Waals surface area contributed by atoms with Crippen molar-refractivity contribution in [3.8, 4) is 0 Å². The third-order valence-electron chi connectivity index (χ3n) is 19.5. The van der Waals surface area contributed by atoms with Crippen molar-refractivity contribution in [3.63, 3.8) is 0 Å². The number of hydrogen-bond donors (Lipinski definition) is 6. The van der Waals surface area contributed by atoms with Gasteiger partial charge in [0.05, 0.1) is 33.6 Å². The van der Waals surface area contributed by atoms with E-state index in [-0.39, 0.29) is 39.0 Å². The van der Waals surface area contributed by atoms with Crippen LogP contribution in [0.25, 0.3) is 0 Å². The molecule has 73 heavy (non-hydrogen) atoms. The zero-order valence-electron chi connectivity index (χ0n) is 45.0. The van der Waals surface area contributed by atoms with Gasteiger partial charge in [0.1, 0.15) is 22.4 Å². The van der Waals surface area contributed by atoms with Crippen LogP contribution in [0.4, 0.5) is 0 Å². The number of carbonyl (C=O) groups excluding carboxylic acids is 4. The van der Waals surface area contributed by atoms with Crippen molar-refractivity contribution >= 4 is 23.9 Å². The van der Waals surface area contributed by atoms with Crippen LogP contribution < -0.4 is 0 Å². The Morgan fingerprint density at radius 3 is 0.973 bits per heavy atom. The molecule has 0 aromatic carbocycles. The number of rotatable bonds is 8. The minimum Gasteiger partial charge on any atom is -0.456 e. The van der Waals surface area contributed by atoms with Crippen molar-refractivity contribution in [1.82, 2.24) is 0 Å². The molecule has 6 N–H and O–H groups in total. The van der Waals surface area contributed by atoms with Crippen LogP contribution in [-0.2, 0) is 38.1 Å². The zero-order valence-corrected chi connectivity index (χ0v) is 45.0. The van der Waals surface area contributed by atoms with Gasteiger partial charge in [-0.25, -0.2) is 19.2 Å². The molecule has 16 saturated carbocycles. The highest BCUT2D eigenvalue weighted by Gasteiger charge is 2.71. The Bertz CT molecular complexity index is 2130. The molecular formula is C59H86O14. The van der Waals surface area contributed by atoms with Crippen molar-refractivity contribution in [2.24, 2.45) is 33.0 Å². The molecule has 0 heterocycles. The largest absolute Gasteiger partial charge is 0.456 e. The average Bonchev–Trinajstić information content (AvgIpc) is 3.10. The second-order valence-corrected chi connectivity index (χ2v) is 29.9. The van der Waals surface area contributed by atoms with Crippen molar-refractivity contribution in [1.29, 1.82) is 0 Å². The molecule has 10 atom stereocenters. The summed E-state index contributed by atoms with van der Waals surface area (Å²) in [4.78, 5) is 46.8. The Balaban J connectivity index is 0.000000120. The SMILES string of the molecule is C=C(C)C(=O)OC12CC3(C)CC(C)(CC(O)(C3)C1)C2.C=C(C)C(=O)OC12CC3(C)CC(O)(CC(O)(C3)C1)C2.C=CC(=O)OC12CC3(C)CC(O)(CC(O)(C3)C1)C2.C=CC(=O)OC12CC3CC(C)(CC(O)(C3)C1)C2. The van der Waals surface area contributed by atoms with E-state index < -0.39 is 67.9 Å². The van der Waals surface area contributed by atoms with Gasteiger partial charge in [-0.15, -0.1) is 0 Å². The molecule has 0 spiro atoms. The van der Waals surface area contributed by atoms with Gasteiger partial charge in [-0.2, -0.15) is 0 Å². The van der Waals surface area contributed by atoms with E-state index in [2.05, 4.69) is 60.9 Å². The third-order valence-corrected chi connectivity index (χ3v) is 19.5. The lowest BCUT2D eigenvalue weighted by atomic mass is 9.42. The molecule has 10 unspecified atom stereocenters. The van der Waals surface area contributed by atoms with Gasteiger partial charge in [0.2, 0.25) is 0 Å². The van der Waals surface area contributed by atoms with Crippen molar-refractivity contribution < 1.29 is 68.8 Å². The van der Waals surface area contributed by atoms with Crippen LogP contribution in [0.3, 0.4) is 0 Å². The van der Waals surface area contributed by atoms with Crippen molar-refractivity contribution in [2.75, 3.05) is 0 Å². The first-order chi connectivity index (χ1) is 33.2. The smallest absolute Gasteiger partial charge is 0.333 e. The van der Waals surface area contributed by atoms with E-state index in [1.807, 2.05) is 0 Å². The van der Waals surface area contributed by atoms with E-state index in [9.17, 15) is 49.8 Å². The molecule has 16 aliphatic carbocycles. The Kier molecular flexibility index (Phi) is 12.3. The fourth-order valence-electron chi connectivity index (χ4n) is 21.7. The summed E-state index contributed by atoms with van der Waals surface area (Å²) in [6.07, 6.45) is 19.7. The molecule has 16 rings (SSSR count). The molecule has 0 aromatic heterocycles. The van der Waals surface area contributed by atoms with Gasteiger partial charge in [-0.05, 0) is 150 Å². The first-order valence-corrected chi connectivity index (χ1v) is 27.0. The Morgan fingerprint density at radius 2 is 0.658 bits per heavy atom. The Morgan fingerprint density at radius 1 is 0.370 bits per heavy atom. The molecule has 14 nitrogen and oxygen atoms in total. The molecule has 0 saturated heterocycles. The summed E-state index contributed by atoms with van der Waals surface area (Å²) in [6.45, 7) is 28.3. The van der Waals surface area contributed by atoms with Crippen LogP contribution in [-0.4, -0.2) is 111 Å². The normalized spacial score (nSPS) is 51.7. The van der Waals surface area contributed by atoms with E-state index in [0.29, 0.717) is 94.1 Å². The number of aliphatic hydroxyl groups is 6. The minimum absolute atomic E-state index is 0.105. The Labute approximate surface area is 432 Å². The maximum atomic E-state index is 11.9. The van der Waals surface area contributed by atoms with Crippen LogP contribution in [0.5, 0.6) is 0 Å². The summed E-state index contributed by atoms with van der Waals surface area (Å²) in [5.41, 5.74) is -6.26. The van der Waals surface area contributed by atoms with Crippen LogP contribution >= 0.6 is 0 Å². The summed E-state index contributed by atoms with van der Waals surface area (Å²) in [5, 5.41) is 64.0. The quantitative estimate of drug-likeness (QED) is 0.0767. The van der Waals surface area contributed by atoms with Crippen molar-refractivity contribution in [2.45, 2.75) is 259 Å². The lowest BCUT2D eigenvalue weighted by molar-refractivity contribution is -0.282. The maximum absolute atomic E-state index is 11.9. The van der Waals surface area contributed by atoms with Gasteiger partial charge in [-0.3, -0.25) is 0 Å². The molecule has 16 bridgehead atoms. The van der Waals surface area contributed by atoms with E-state index in [4.69, 9.17) is 18.9 Å². The number of esters is 4. The lowest BCUT2D eigenvalue weighted by Gasteiger charge is -2.67. The summed E-state index contributed by atoms with van der Waals surface area (Å²) >= 11 is 0. The van der Waals surface area contributed by atoms with Gasteiger partial charge in [0, 0.05) is 74.7 Å². The first kappa shape index (κ1) is 54.4. The molecular weight excluding hydrogens is 933 g/mol. The average molecular weight is 1020 g/mol. The predicted octanol–water partition coefficient (Wildman–Crippen LogP) is 8.16. The monoisotopic (exact) mass is 1020 g/mol. The van der Waals surface area contributed by atoms with E-state index in [1.54, 1.807) is 13.8 Å². The van der Waals surface area contributed by atoms with Gasteiger partial charge < -0.3 is 49.6 Å². The van der Waals surface area contributed by atoms with Gasteiger partial charge in [0.25, 0.3) is 0 Å². The summed E-state index contributed by atoms with van der Waals surface area (Å²) in [6, 6.07) is 0. The van der Waals surface area contributed by atoms with E-state index >= 15 is 0 Å². The first-order valence-electron chi connectivity index (χ1n) is 27.0. The Hall–Kier alpha value is -3.40. The molecule has 0 amide bonds. The van der Waals surface area contributed by atoms with Crippen LogP contribution in [0, 0.1) is 33.0 Å². The number of carbonyl (C=O) groups is 4. The van der Waals surface area contributed by atoms with Crippen LogP contribution in [0.15, 0.2) is 49.6 Å². The fraction of sp³-hybridized carbons (Fsp3) is 0.797. The topological polar surface area (TPSA) is 227 Å². The molecule has 16 fully saturated rings. The van der Waals surface area contributed by atoms with Gasteiger partial charge >= 0.3 is 23.9 Å². The highest BCUT2D eigenvalue weighted by molar-refractivity contribution is 5.88. The van der Waals surface area contributed by atoms with Crippen LogP contribution in [0.1, 0.15) is 203 Å². The molecule has 16 aliphatic rings. The van der Waals surface area contributed by atoms with E-state index in [0.717, 1.165) is 76.7 Å². The lowest BCUT2D eigenvalue weighted by Crippen LogP contribution is -2.69. The molecule has 0 aromatic rings. The molecule has 0 radical (unpaired) electrons. The van der Waals surface area contributed by atoms with Gasteiger partial charge in [0.15, 0.2) is 0 Å². The van der Waals surface area contributed by atoms with E-state index in [1.165, 1.54) is 12.5 Å².